The highest BCUT2D eigenvalue weighted by atomic mass is 16.4. The summed E-state index contributed by atoms with van der Waals surface area (Å²) in [4.78, 5) is 22.6. The maximum absolute atomic E-state index is 11.7. The first-order valence-electron chi connectivity index (χ1n) is 6.36. The Kier molecular flexibility index (Phi) is 5.97. The van der Waals surface area contributed by atoms with Gasteiger partial charge in [0.1, 0.15) is 6.04 Å². The van der Waals surface area contributed by atoms with Gasteiger partial charge in [-0.25, -0.2) is 4.79 Å². The van der Waals surface area contributed by atoms with Crippen LogP contribution in [0.3, 0.4) is 0 Å². The molecule has 0 aromatic carbocycles. The number of carbonyl (C=O) groups is 2. The first-order chi connectivity index (χ1) is 8.13. The molecule has 1 aliphatic heterocycles. The van der Waals surface area contributed by atoms with Gasteiger partial charge in [-0.2, -0.15) is 0 Å². The molecule has 2 unspecified atom stereocenters. The number of rotatable bonds is 7. The van der Waals surface area contributed by atoms with E-state index in [-0.39, 0.29) is 5.91 Å². The average Bonchev–Trinajstić information content (AvgIpc) is 2.76. The lowest BCUT2D eigenvalue weighted by Gasteiger charge is -2.15. The largest absolute Gasteiger partial charge is 0.480 e. The highest BCUT2D eigenvalue weighted by Gasteiger charge is 2.22. The van der Waals surface area contributed by atoms with Crippen molar-refractivity contribution >= 4 is 11.9 Å². The Morgan fingerprint density at radius 1 is 1.53 bits per heavy atom. The normalized spacial score (nSPS) is 21.1. The first kappa shape index (κ1) is 14.0. The number of carbonyl (C=O) groups excluding carboxylic acids is 1. The van der Waals surface area contributed by atoms with Crippen LogP contribution in [0.25, 0.3) is 0 Å². The molecule has 1 saturated heterocycles. The summed E-state index contributed by atoms with van der Waals surface area (Å²) in [5.74, 6) is -0.714. The summed E-state index contributed by atoms with van der Waals surface area (Å²) in [7, 11) is 0. The molecule has 0 aromatic rings. The number of amides is 1. The van der Waals surface area contributed by atoms with Crippen molar-refractivity contribution in [2.45, 2.75) is 45.1 Å². The van der Waals surface area contributed by atoms with Crippen molar-refractivity contribution in [3.63, 3.8) is 0 Å². The summed E-state index contributed by atoms with van der Waals surface area (Å²) in [5.41, 5.74) is 0. The second kappa shape index (κ2) is 7.27. The third-order valence-corrected chi connectivity index (χ3v) is 3.12. The Morgan fingerprint density at radius 2 is 2.29 bits per heavy atom. The molecular formula is C12H22N2O3. The minimum Gasteiger partial charge on any atom is -0.480 e. The molecule has 1 aliphatic rings. The minimum absolute atomic E-state index is 0.137. The summed E-state index contributed by atoms with van der Waals surface area (Å²) in [5, 5.41) is 14.8. The number of unbranched alkanes of at least 4 members (excludes halogenated alkanes) is 1. The van der Waals surface area contributed by atoms with Gasteiger partial charge in [-0.15, -0.1) is 0 Å². The number of carboxylic acid groups (broad SMARTS) is 1. The van der Waals surface area contributed by atoms with Gasteiger partial charge in [-0.1, -0.05) is 19.8 Å². The van der Waals surface area contributed by atoms with Crippen molar-refractivity contribution in [1.29, 1.82) is 0 Å². The van der Waals surface area contributed by atoms with Gasteiger partial charge >= 0.3 is 5.97 Å². The third-order valence-electron chi connectivity index (χ3n) is 3.12. The highest BCUT2D eigenvalue weighted by molar-refractivity contribution is 5.83. The Hall–Kier alpha value is -1.10. The van der Waals surface area contributed by atoms with Crippen LogP contribution in [0.5, 0.6) is 0 Å². The Morgan fingerprint density at radius 3 is 2.82 bits per heavy atom. The smallest absolute Gasteiger partial charge is 0.326 e. The van der Waals surface area contributed by atoms with E-state index in [4.69, 9.17) is 5.11 Å². The molecule has 0 spiro atoms. The summed E-state index contributed by atoms with van der Waals surface area (Å²) >= 11 is 0. The topological polar surface area (TPSA) is 78.4 Å². The number of hydrogen-bond donors (Lipinski definition) is 3. The number of aliphatic carboxylic acids is 1. The quantitative estimate of drug-likeness (QED) is 0.615. The van der Waals surface area contributed by atoms with Gasteiger partial charge < -0.3 is 15.7 Å². The molecule has 1 amide bonds. The molecule has 0 aliphatic carbocycles. The molecule has 17 heavy (non-hydrogen) atoms. The van der Waals surface area contributed by atoms with Crippen molar-refractivity contribution in [3.8, 4) is 0 Å². The minimum atomic E-state index is -0.934. The summed E-state index contributed by atoms with van der Waals surface area (Å²) < 4.78 is 0. The predicted molar refractivity (Wildman–Crippen MR) is 64.7 cm³/mol. The maximum Gasteiger partial charge on any atom is 0.326 e. The second-order valence-electron chi connectivity index (χ2n) is 4.66. The molecule has 0 radical (unpaired) electrons. The zero-order chi connectivity index (χ0) is 12.7. The van der Waals surface area contributed by atoms with Crippen molar-refractivity contribution in [3.05, 3.63) is 0 Å². The lowest BCUT2D eigenvalue weighted by molar-refractivity contribution is -0.142. The first-order valence-corrected chi connectivity index (χ1v) is 6.36. The van der Waals surface area contributed by atoms with Crippen molar-refractivity contribution in [1.82, 2.24) is 10.6 Å². The van der Waals surface area contributed by atoms with E-state index in [1.165, 1.54) is 0 Å². The lowest BCUT2D eigenvalue weighted by Crippen LogP contribution is -2.41. The molecule has 1 fully saturated rings. The van der Waals surface area contributed by atoms with E-state index < -0.39 is 12.0 Å². The van der Waals surface area contributed by atoms with Crippen LogP contribution in [-0.2, 0) is 9.59 Å². The number of nitrogens with one attached hydrogen (secondary N) is 2. The van der Waals surface area contributed by atoms with Crippen LogP contribution < -0.4 is 10.6 Å². The lowest BCUT2D eigenvalue weighted by atomic mass is 10.0. The van der Waals surface area contributed by atoms with Gasteiger partial charge in [-0.05, 0) is 31.8 Å². The fraction of sp³-hybridized carbons (Fsp3) is 0.833. The van der Waals surface area contributed by atoms with Gasteiger partial charge in [0, 0.05) is 6.42 Å². The zero-order valence-electron chi connectivity index (χ0n) is 10.4. The van der Waals surface area contributed by atoms with E-state index in [0.29, 0.717) is 18.8 Å². The molecule has 3 N–H and O–H groups in total. The molecule has 1 rings (SSSR count). The van der Waals surface area contributed by atoms with E-state index in [1.807, 2.05) is 6.92 Å². The highest BCUT2D eigenvalue weighted by Crippen LogP contribution is 2.12. The van der Waals surface area contributed by atoms with Crippen LogP contribution in [-0.4, -0.2) is 36.1 Å². The zero-order valence-corrected chi connectivity index (χ0v) is 10.4. The van der Waals surface area contributed by atoms with E-state index in [2.05, 4.69) is 10.6 Å². The molecule has 5 nitrogen and oxygen atoms in total. The van der Waals surface area contributed by atoms with E-state index in [0.717, 1.165) is 32.4 Å². The van der Waals surface area contributed by atoms with Gasteiger partial charge in [0.25, 0.3) is 0 Å². The summed E-state index contributed by atoms with van der Waals surface area (Å²) in [6.45, 7) is 3.82. The van der Waals surface area contributed by atoms with E-state index in [1.54, 1.807) is 0 Å². The molecule has 5 heteroatoms. The SMILES string of the molecule is CCCCC(NC(=O)CC1CCNC1)C(=O)O. The van der Waals surface area contributed by atoms with Gasteiger partial charge in [0.2, 0.25) is 5.91 Å². The summed E-state index contributed by atoms with van der Waals surface area (Å²) in [6, 6.07) is -0.725. The third kappa shape index (κ3) is 5.17. The Bertz CT molecular complexity index is 262. The Labute approximate surface area is 102 Å². The van der Waals surface area contributed by atoms with Crippen LogP contribution in [0, 0.1) is 5.92 Å². The molecule has 98 valence electrons. The fourth-order valence-corrected chi connectivity index (χ4v) is 2.07. The van der Waals surface area contributed by atoms with E-state index >= 15 is 0 Å². The van der Waals surface area contributed by atoms with Crippen molar-refractivity contribution < 1.29 is 14.7 Å². The van der Waals surface area contributed by atoms with Crippen LogP contribution in [0.4, 0.5) is 0 Å². The molecule has 2 atom stereocenters. The molecule has 0 aromatic heterocycles. The summed E-state index contributed by atoms with van der Waals surface area (Å²) in [6.07, 6.45) is 3.71. The van der Waals surface area contributed by atoms with Crippen LogP contribution in [0.2, 0.25) is 0 Å². The molecule has 0 saturated carbocycles. The predicted octanol–water partition coefficient (Wildman–Crippen LogP) is 0.746. The maximum atomic E-state index is 11.7. The number of carboxylic acids is 1. The Balaban J connectivity index is 2.32. The van der Waals surface area contributed by atoms with Gasteiger partial charge in [0.05, 0.1) is 0 Å². The van der Waals surface area contributed by atoms with Gasteiger partial charge in [-0.3, -0.25) is 4.79 Å². The average molecular weight is 242 g/mol. The standard InChI is InChI=1S/C12H22N2O3/c1-2-3-4-10(12(16)17)14-11(15)7-9-5-6-13-8-9/h9-10,13H,2-8H2,1H3,(H,14,15)(H,16,17). The van der Waals surface area contributed by atoms with Crippen molar-refractivity contribution in [2.24, 2.45) is 5.92 Å². The fourth-order valence-electron chi connectivity index (χ4n) is 2.07. The molecule has 0 bridgehead atoms. The number of hydrogen-bond acceptors (Lipinski definition) is 3. The molecular weight excluding hydrogens is 220 g/mol. The van der Waals surface area contributed by atoms with Gasteiger partial charge in [0.15, 0.2) is 0 Å². The second-order valence-corrected chi connectivity index (χ2v) is 4.66. The van der Waals surface area contributed by atoms with Crippen LogP contribution in [0.15, 0.2) is 0 Å². The monoisotopic (exact) mass is 242 g/mol. The molecule has 1 heterocycles. The van der Waals surface area contributed by atoms with Crippen LogP contribution >= 0.6 is 0 Å². The van der Waals surface area contributed by atoms with E-state index in [9.17, 15) is 9.59 Å². The van der Waals surface area contributed by atoms with Crippen LogP contribution in [0.1, 0.15) is 39.0 Å². The van der Waals surface area contributed by atoms with Crippen molar-refractivity contribution in [2.75, 3.05) is 13.1 Å².